The predicted octanol–water partition coefficient (Wildman–Crippen LogP) is 3.41. The second kappa shape index (κ2) is 8.99. The van der Waals surface area contributed by atoms with E-state index in [1.807, 2.05) is 49.1 Å². The first kappa shape index (κ1) is 20.7. The van der Waals surface area contributed by atoms with E-state index in [4.69, 9.17) is 9.47 Å². The SMILES string of the molecule is COc1ccc([C@@H]2CCCN2C(=O)CNC(=O)c2ccc(C)c(C)c2)c(OC)c1. The second-order valence-corrected chi connectivity index (χ2v) is 7.33. The summed E-state index contributed by atoms with van der Waals surface area (Å²) in [5.74, 6) is 1.08. The highest BCUT2D eigenvalue weighted by molar-refractivity contribution is 5.96. The fourth-order valence-corrected chi connectivity index (χ4v) is 3.72. The molecule has 6 nitrogen and oxygen atoms in total. The van der Waals surface area contributed by atoms with Crippen molar-refractivity contribution in [2.45, 2.75) is 32.7 Å². The van der Waals surface area contributed by atoms with Crippen LogP contribution in [-0.4, -0.2) is 44.0 Å². The molecule has 0 spiro atoms. The van der Waals surface area contributed by atoms with Crippen LogP contribution < -0.4 is 14.8 Å². The van der Waals surface area contributed by atoms with Gasteiger partial charge in [0.1, 0.15) is 11.5 Å². The fourth-order valence-electron chi connectivity index (χ4n) is 3.72. The number of nitrogens with zero attached hydrogens (tertiary/aromatic N) is 1. The van der Waals surface area contributed by atoms with Crippen LogP contribution in [0.1, 0.15) is 45.9 Å². The first-order valence-electron chi connectivity index (χ1n) is 9.81. The molecule has 0 aliphatic carbocycles. The van der Waals surface area contributed by atoms with E-state index in [-0.39, 0.29) is 24.4 Å². The van der Waals surface area contributed by atoms with E-state index in [9.17, 15) is 9.59 Å². The molecule has 1 aliphatic heterocycles. The van der Waals surface area contributed by atoms with Crippen LogP contribution >= 0.6 is 0 Å². The number of ether oxygens (including phenoxy) is 2. The Kier molecular flexibility index (Phi) is 6.42. The molecule has 2 aromatic carbocycles. The monoisotopic (exact) mass is 396 g/mol. The van der Waals surface area contributed by atoms with Gasteiger partial charge in [-0.15, -0.1) is 0 Å². The Morgan fingerprint density at radius 3 is 2.55 bits per heavy atom. The molecule has 1 fully saturated rings. The van der Waals surface area contributed by atoms with Gasteiger partial charge in [-0.3, -0.25) is 9.59 Å². The van der Waals surface area contributed by atoms with Crippen molar-refractivity contribution in [1.29, 1.82) is 0 Å². The third-order valence-electron chi connectivity index (χ3n) is 5.54. The Morgan fingerprint density at radius 2 is 1.86 bits per heavy atom. The number of amides is 2. The molecule has 0 radical (unpaired) electrons. The van der Waals surface area contributed by atoms with E-state index < -0.39 is 0 Å². The van der Waals surface area contributed by atoms with Crippen molar-refractivity contribution in [1.82, 2.24) is 10.2 Å². The number of rotatable bonds is 6. The first-order valence-corrected chi connectivity index (χ1v) is 9.81. The molecule has 2 aromatic rings. The van der Waals surface area contributed by atoms with Gasteiger partial charge in [-0.25, -0.2) is 0 Å². The van der Waals surface area contributed by atoms with Crippen molar-refractivity contribution < 1.29 is 19.1 Å². The number of methoxy groups -OCH3 is 2. The smallest absolute Gasteiger partial charge is 0.251 e. The van der Waals surface area contributed by atoms with Gasteiger partial charge in [0.25, 0.3) is 5.91 Å². The molecule has 2 amide bonds. The minimum atomic E-state index is -0.237. The summed E-state index contributed by atoms with van der Waals surface area (Å²) >= 11 is 0. The highest BCUT2D eigenvalue weighted by Crippen LogP contribution is 2.38. The van der Waals surface area contributed by atoms with Crippen LogP contribution in [0.4, 0.5) is 0 Å². The Balaban J connectivity index is 1.68. The van der Waals surface area contributed by atoms with Crippen LogP contribution in [0.2, 0.25) is 0 Å². The summed E-state index contributed by atoms with van der Waals surface area (Å²) in [5, 5.41) is 2.76. The highest BCUT2D eigenvalue weighted by Gasteiger charge is 2.32. The summed E-state index contributed by atoms with van der Waals surface area (Å²) in [5.41, 5.74) is 3.71. The molecule has 29 heavy (non-hydrogen) atoms. The number of benzene rings is 2. The molecule has 0 unspecified atom stereocenters. The minimum absolute atomic E-state index is 0.0271. The maximum atomic E-state index is 12.9. The van der Waals surface area contributed by atoms with Crippen molar-refractivity contribution in [3.63, 3.8) is 0 Å². The zero-order valence-corrected chi connectivity index (χ0v) is 17.5. The molecular formula is C23H28N2O4. The lowest BCUT2D eigenvalue weighted by molar-refractivity contribution is -0.131. The Hall–Kier alpha value is -3.02. The van der Waals surface area contributed by atoms with Gasteiger partial charge >= 0.3 is 0 Å². The topological polar surface area (TPSA) is 67.9 Å². The summed E-state index contributed by atoms with van der Waals surface area (Å²) in [6, 6.07) is 11.1. The van der Waals surface area contributed by atoms with Gasteiger partial charge in [0.05, 0.1) is 26.8 Å². The number of aryl methyl sites for hydroxylation is 2. The average Bonchev–Trinajstić information content (AvgIpc) is 3.22. The van der Waals surface area contributed by atoms with Gasteiger partial charge in [-0.05, 0) is 62.1 Å². The fraction of sp³-hybridized carbons (Fsp3) is 0.391. The molecule has 1 N–H and O–H groups in total. The van der Waals surface area contributed by atoms with Crippen molar-refractivity contribution in [2.24, 2.45) is 0 Å². The summed E-state index contributed by atoms with van der Waals surface area (Å²) in [7, 11) is 3.22. The van der Waals surface area contributed by atoms with Crippen LogP contribution in [0.5, 0.6) is 11.5 Å². The number of hydrogen-bond donors (Lipinski definition) is 1. The Morgan fingerprint density at radius 1 is 1.07 bits per heavy atom. The number of likely N-dealkylation sites (tertiary alicyclic amines) is 1. The zero-order chi connectivity index (χ0) is 21.0. The van der Waals surface area contributed by atoms with Gasteiger partial charge in [-0.1, -0.05) is 6.07 Å². The van der Waals surface area contributed by atoms with Gasteiger partial charge in [0.2, 0.25) is 5.91 Å². The van der Waals surface area contributed by atoms with E-state index in [2.05, 4.69) is 5.32 Å². The zero-order valence-electron chi connectivity index (χ0n) is 17.5. The van der Waals surface area contributed by atoms with Gasteiger partial charge in [0, 0.05) is 23.7 Å². The van der Waals surface area contributed by atoms with E-state index >= 15 is 0 Å². The molecule has 0 aromatic heterocycles. The lowest BCUT2D eigenvalue weighted by Crippen LogP contribution is -2.40. The minimum Gasteiger partial charge on any atom is -0.497 e. The van der Waals surface area contributed by atoms with Gasteiger partial charge < -0.3 is 19.7 Å². The molecule has 6 heteroatoms. The molecule has 0 saturated carbocycles. The summed E-state index contributed by atoms with van der Waals surface area (Å²) in [6.45, 7) is 4.61. The lowest BCUT2D eigenvalue weighted by Gasteiger charge is -2.26. The molecule has 1 saturated heterocycles. The van der Waals surface area contributed by atoms with Gasteiger partial charge in [0.15, 0.2) is 0 Å². The standard InChI is InChI=1S/C23H28N2O4/c1-15-7-8-17(12-16(15)2)23(27)24-14-22(26)25-11-5-6-20(25)19-10-9-18(28-3)13-21(19)29-4/h7-10,12-13,20H,5-6,11,14H2,1-4H3,(H,24,27)/t20-/m0/s1. The summed E-state index contributed by atoms with van der Waals surface area (Å²) < 4.78 is 10.8. The highest BCUT2D eigenvalue weighted by atomic mass is 16.5. The third-order valence-corrected chi connectivity index (χ3v) is 5.54. The molecule has 154 valence electrons. The normalized spacial score (nSPS) is 15.9. The molecule has 3 rings (SSSR count). The van der Waals surface area contributed by atoms with E-state index in [1.54, 1.807) is 20.3 Å². The number of nitrogens with one attached hydrogen (secondary N) is 1. The van der Waals surface area contributed by atoms with Crippen molar-refractivity contribution in [3.8, 4) is 11.5 Å². The summed E-state index contributed by atoms with van der Waals surface area (Å²) in [6.07, 6.45) is 1.77. The lowest BCUT2D eigenvalue weighted by atomic mass is 10.0. The largest absolute Gasteiger partial charge is 0.497 e. The van der Waals surface area contributed by atoms with E-state index in [1.165, 1.54) is 0 Å². The van der Waals surface area contributed by atoms with E-state index in [0.29, 0.717) is 23.6 Å². The van der Waals surface area contributed by atoms with Crippen LogP contribution in [0.3, 0.4) is 0 Å². The maximum absolute atomic E-state index is 12.9. The Bertz CT molecular complexity index is 910. The van der Waals surface area contributed by atoms with E-state index in [0.717, 1.165) is 29.5 Å². The molecule has 1 heterocycles. The van der Waals surface area contributed by atoms with Crippen LogP contribution in [0.25, 0.3) is 0 Å². The second-order valence-electron chi connectivity index (χ2n) is 7.33. The molecule has 1 aliphatic rings. The molecular weight excluding hydrogens is 368 g/mol. The van der Waals surface area contributed by atoms with Crippen molar-refractivity contribution in [3.05, 3.63) is 58.7 Å². The number of hydrogen-bond acceptors (Lipinski definition) is 4. The van der Waals surface area contributed by atoms with Crippen LogP contribution in [0.15, 0.2) is 36.4 Å². The first-order chi connectivity index (χ1) is 13.9. The maximum Gasteiger partial charge on any atom is 0.251 e. The predicted molar refractivity (Wildman–Crippen MR) is 111 cm³/mol. The molecule has 0 bridgehead atoms. The quantitative estimate of drug-likeness (QED) is 0.813. The third kappa shape index (κ3) is 4.53. The van der Waals surface area contributed by atoms with Crippen molar-refractivity contribution >= 4 is 11.8 Å². The molecule has 1 atom stereocenters. The van der Waals surface area contributed by atoms with Crippen molar-refractivity contribution in [2.75, 3.05) is 27.3 Å². The Labute approximate surface area is 171 Å². The average molecular weight is 396 g/mol. The summed E-state index contributed by atoms with van der Waals surface area (Å²) in [4.78, 5) is 27.1. The van der Waals surface area contributed by atoms with Gasteiger partial charge in [-0.2, -0.15) is 0 Å². The number of carbonyl (C=O) groups excluding carboxylic acids is 2. The number of carbonyl (C=O) groups is 2. The van der Waals surface area contributed by atoms with Crippen LogP contribution in [0, 0.1) is 13.8 Å². The van der Waals surface area contributed by atoms with Crippen LogP contribution in [-0.2, 0) is 4.79 Å².